The Morgan fingerprint density at radius 1 is 1.42 bits per heavy atom. The van der Waals surface area contributed by atoms with E-state index >= 15 is 0 Å². The van der Waals surface area contributed by atoms with Crippen molar-refractivity contribution in [1.29, 1.82) is 0 Å². The molecule has 6 heteroatoms. The minimum Gasteiger partial charge on any atom is -0.377 e. The Morgan fingerprint density at radius 3 is 2.79 bits per heavy atom. The van der Waals surface area contributed by atoms with E-state index in [0.717, 1.165) is 36.5 Å². The minimum atomic E-state index is 0.00481. The van der Waals surface area contributed by atoms with E-state index in [1.807, 2.05) is 19.9 Å². The summed E-state index contributed by atoms with van der Waals surface area (Å²) in [6.07, 6.45) is 3.08. The fraction of sp³-hybridized carbons (Fsp3) is 0.333. The second kappa shape index (κ2) is 7.48. The van der Waals surface area contributed by atoms with Gasteiger partial charge in [0.25, 0.3) is 0 Å². The Kier molecular flexibility index (Phi) is 5.35. The van der Waals surface area contributed by atoms with Crippen LogP contribution >= 0.6 is 22.6 Å². The van der Waals surface area contributed by atoms with Crippen molar-refractivity contribution in [3.8, 4) is 0 Å². The van der Waals surface area contributed by atoms with Gasteiger partial charge in [-0.05, 0) is 59.2 Å². The quantitative estimate of drug-likeness (QED) is 0.481. The zero-order valence-corrected chi connectivity index (χ0v) is 16.0. The summed E-state index contributed by atoms with van der Waals surface area (Å²) in [6.45, 7) is 6.19. The number of aromatic amines is 1. The lowest BCUT2D eigenvalue weighted by molar-refractivity contribution is 0.100. The highest BCUT2D eigenvalue weighted by molar-refractivity contribution is 14.1. The van der Waals surface area contributed by atoms with Crippen molar-refractivity contribution in [2.45, 2.75) is 20.3 Å². The molecular weight excluding hydrogens is 415 g/mol. The molecule has 1 aliphatic heterocycles. The summed E-state index contributed by atoms with van der Waals surface area (Å²) in [7, 11) is 0. The number of aromatic nitrogens is 2. The number of nitrogens with one attached hydrogen (secondary N) is 3. The van der Waals surface area contributed by atoms with Crippen LogP contribution in [0.2, 0.25) is 0 Å². The van der Waals surface area contributed by atoms with E-state index in [0.29, 0.717) is 5.69 Å². The summed E-state index contributed by atoms with van der Waals surface area (Å²) in [5, 5.41) is 13.5. The van der Waals surface area contributed by atoms with Gasteiger partial charge in [-0.2, -0.15) is 5.10 Å². The Bertz CT molecular complexity index is 788. The molecule has 24 heavy (non-hydrogen) atoms. The van der Waals surface area contributed by atoms with Crippen LogP contribution in [0.1, 0.15) is 34.2 Å². The number of hydrogen-bond donors (Lipinski definition) is 3. The number of rotatable bonds is 6. The molecule has 5 nitrogen and oxygen atoms in total. The van der Waals surface area contributed by atoms with E-state index in [2.05, 4.69) is 61.6 Å². The van der Waals surface area contributed by atoms with Crippen molar-refractivity contribution in [2.24, 2.45) is 0 Å². The monoisotopic (exact) mass is 436 g/mol. The van der Waals surface area contributed by atoms with E-state index in [1.54, 1.807) is 0 Å². The maximum absolute atomic E-state index is 12.3. The van der Waals surface area contributed by atoms with Crippen LogP contribution in [0.3, 0.4) is 0 Å². The third-order valence-corrected chi connectivity index (χ3v) is 5.18. The summed E-state index contributed by atoms with van der Waals surface area (Å²) < 4.78 is 1.17. The first-order chi connectivity index (χ1) is 11.6. The summed E-state index contributed by atoms with van der Waals surface area (Å²) in [6, 6.07) is 6.18. The number of anilines is 1. The first kappa shape index (κ1) is 17.2. The second-order valence-corrected chi connectivity index (χ2v) is 7.11. The Labute approximate surface area is 155 Å². The lowest BCUT2D eigenvalue weighted by atomic mass is 10.1. The van der Waals surface area contributed by atoms with Crippen LogP contribution in [0.15, 0.2) is 23.8 Å². The lowest BCUT2D eigenvalue weighted by Crippen LogP contribution is -2.33. The molecule has 0 atom stereocenters. The predicted molar refractivity (Wildman–Crippen MR) is 106 cm³/mol. The predicted octanol–water partition coefficient (Wildman–Crippen LogP) is 3.17. The van der Waals surface area contributed by atoms with Gasteiger partial charge < -0.3 is 10.6 Å². The highest BCUT2D eigenvalue weighted by atomic mass is 127. The van der Waals surface area contributed by atoms with Gasteiger partial charge >= 0.3 is 0 Å². The Morgan fingerprint density at radius 2 is 2.21 bits per heavy atom. The maximum atomic E-state index is 12.3. The van der Waals surface area contributed by atoms with E-state index < -0.39 is 0 Å². The van der Waals surface area contributed by atoms with E-state index in [1.165, 1.54) is 14.7 Å². The third kappa shape index (κ3) is 3.70. The Balaban J connectivity index is 1.64. The highest BCUT2D eigenvalue weighted by Crippen LogP contribution is 2.21. The van der Waals surface area contributed by atoms with Gasteiger partial charge in [-0.25, -0.2) is 0 Å². The van der Waals surface area contributed by atoms with E-state index in [9.17, 15) is 4.79 Å². The van der Waals surface area contributed by atoms with Gasteiger partial charge in [-0.1, -0.05) is 19.1 Å². The third-order valence-electron chi connectivity index (χ3n) is 4.25. The first-order valence-corrected chi connectivity index (χ1v) is 9.17. The molecule has 0 bridgehead atoms. The number of Topliss-reactive ketones (excluding diaryl/α,β-unsaturated/α-hetero) is 1. The average molecular weight is 436 g/mol. The number of nitrogens with zero attached hydrogens (tertiary/aromatic N) is 1. The van der Waals surface area contributed by atoms with Crippen LogP contribution in [0.4, 0.5) is 5.69 Å². The average Bonchev–Trinajstić information content (AvgIpc) is 2.90. The van der Waals surface area contributed by atoms with Crippen LogP contribution in [-0.2, 0) is 6.42 Å². The molecule has 0 aliphatic carbocycles. The summed E-state index contributed by atoms with van der Waals surface area (Å²) in [4.78, 5) is 12.3. The van der Waals surface area contributed by atoms with Crippen LogP contribution in [0, 0.1) is 10.5 Å². The van der Waals surface area contributed by atoms with Crippen LogP contribution in [0.25, 0.3) is 6.08 Å². The van der Waals surface area contributed by atoms with Crippen molar-refractivity contribution in [3.63, 3.8) is 0 Å². The Hall–Kier alpha value is -1.67. The summed E-state index contributed by atoms with van der Waals surface area (Å²) >= 11 is 2.33. The highest BCUT2D eigenvalue weighted by Gasteiger charge is 2.15. The summed E-state index contributed by atoms with van der Waals surface area (Å²) in [5.41, 5.74) is 6.11. The van der Waals surface area contributed by atoms with Crippen molar-refractivity contribution in [3.05, 3.63) is 49.9 Å². The number of carbonyl (C=O) groups excluding carboxylic acids is 1. The fourth-order valence-corrected chi connectivity index (χ4v) is 3.33. The maximum Gasteiger partial charge on any atom is 0.202 e. The molecule has 1 aromatic heterocycles. The zero-order valence-electron chi connectivity index (χ0n) is 13.9. The largest absolute Gasteiger partial charge is 0.377 e. The fourth-order valence-electron chi connectivity index (χ4n) is 2.66. The molecular formula is C18H21IN4O. The number of benzene rings is 1. The van der Waals surface area contributed by atoms with Gasteiger partial charge in [0.15, 0.2) is 0 Å². The van der Waals surface area contributed by atoms with Gasteiger partial charge in [-0.3, -0.25) is 9.89 Å². The number of H-pyrrole nitrogens is 1. The first-order valence-electron chi connectivity index (χ1n) is 8.09. The normalized spacial score (nSPS) is 13.5. The molecule has 3 N–H and O–H groups in total. The molecule has 2 aromatic rings. The number of halogens is 1. The molecule has 1 aliphatic rings. The van der Waals surface area contributed by atoms with Crippen LogP contribution < -0.4 is 10.6 Å². The van der Waals surface area contributed by atoms with Crippen molar-refractivity contribution < 1.29 is 4.79 Å². The lowest BCUT2D eigenvalue weighted by Gasteiger charge is -2.18. The molecule has 1 saturated heterocycles. The number of hydrogen-bond acceptors (Lipinski definition) is 4. The minimum absolute atomic E-state index is 0.00481. The number of ketones is 1. The molecule has 0 unspecified atom stereocenters. The molecule has 126 valence electrons. The summed E-state index contributed by atoms with van der Waals surface area (Å²) in [5.74, 6) is 0.00481. The van der Waals surface area contributed by atoms with Crippen molar-refractivity contribution >= 4 is 40.1 Å². The molecule has 1 aromatic carbocycles. The molecule has 0 radical (unpaired) electrons. The molecule has 0 amide bonds. The van der Waals surface area contributed by atoms with E-state index in [-0.39, 0.29) is 12.3 Å². The molecule has 0 spiro atoms. The van der Waals surface area contributed by atoms with Crippen molar-refractivity contribution in [2.75, 3.05) is 25.0 Å². The number of aryl methyl sites for hydroxylation is 1. The smallest absolute Gasteiger partial charge is 0.202 e. The van der Waals surface area contributed by atoms with Gasteiger partial charge in [0.2, 0.25) is 5.78 Å². The van der Waals surface area contributed by atoms with Gasteiger partial charge in [-0.15, -0.1) is 0 Å². The van der Waals surface area contributed by atoms with Gasteiger partial charge in [0.05, 0.1) is 6.54 Å². The molecule has 2 heterocycles. The van der Waals surface area contributed by atoms with Gasteiger partial charge in [0.1, 0.15) is 5.69 Å². The molecule has 0 saturated carbocycles. The number of carbonyl (C=O) groups is 1. The SMILES string of the molecule is CCc1[nH]nc(C(=O)CNc2ccc(C=C3CNC3)c(I)c2)c1C. The standard InChI is InChI=1S/C18H21IN4O/c1-3-16-11(2)18(23-22-16)17(24)10-21-14-5-4-13(15(19)7-14)6-12-8-20-9-12/h4-7,20-21H,3,8-10H2,1-2H3,(H,22,23). The topological polar surface area (TPSA) is 69.8 Å². The van der Waals surface area contributed by atoms with E-state index in [4.69, 9.17) is 0 Å². The van der Waals surface area contributed by atoms with Crippen molar-refractivity contribution in [1.82, 2.24) is 15.5 Å². The van der Waals surface area contributed by atoms with Gasteiger partial charge in [0, 0.05) is 33.6 Å². The second-order valence-electron chi connectivity index (χ2n) is 5.95. The zero-order chi connectivity index (χ0) is 17.1. The van der Waals surface area contributed by atoms with Crippen LogP contribution in [-0.4, -0.2) is 35.6 Å². The van der Waals surface area contributed by atoms with Crippen LogP contribution in [0.5, 0.6) is 0 Å². The molecule has 1 fully saturated rings. The molecule has 3 rings (SSSR count).